The van der Waals surface area contributed by atoms with Crippen molar-refractivity contribution in [2.24, 2.45) is 0 Å². The lowest BCUT2D eigenvalue weighted by Gasteiger charge is -2.10. The highest BCUT2D eigenvalue weighted by molar-refractivity contribution is 5.62. The van der Waals surface area contributed by atoms with Gasteiger partial charge in [-0.1, -0.05) is 18.0 Å². The van der Waals surface area contributed by atoms with Gasteiger partial charge in [0.1, 0.15) is 11.6 Å². The van der Waals surface area contributed by atoms with Crippen molar-refractivity contribution < 1.29 is 13.7 Å². The molecule has 0 spiro atoms. The standard InChI is InChI=1S/C22H24FN5O2/c1-28(2)10-5-3-4-6-11-29-19-8-7-9-25-20(19)21-26-22(30-27-21)17-12-16(15-24)13-18(23)14-17/h7-9,12-14H,3-6,10-11H2,1-2H3. The zero-order valence-corrected chi connectivity index (χ0v) is 17.1. The second kappa shape index (κ2) is 10.5. The number of unbranched alkanes of at least 4 members (excludes halogenated alkanes) is 3. The fourth-order valence-electron chi connectivity index (χ4n) is 2.96. The summed E-state index contributed by atoms with van der Waals surface area (Å²) in [5.41, 5.74) is 0.968. The second-order valence-electron chi connectivity index (χ2n) is 7.18. The van der Waals surface area contributed by atoms with E-state index in [1.54, 1.807) is 18.3 Å². The van der Waals surface area contributed by atoms with Gasteiger partial charge in [-0.25, -0.2) is 9.37 Å². The zero-order chi connectivity index (χ0) is 21.3. The molecule has 0 atom stereocenters. The average Bonchev–Trinajstić information content (AvgIpc) is 3.23. The van der Waals surface area contributed by atoms with Crippen molar-refractivity contribution in [2.45, 2.75) is 25.7 Å². The maximum absolute atomic E-state index is 13.7. The van der Waals surface area contributed by atoms with E-state index >= 15 is 0 Å². The van der Waals surface area contributed by atoms with Crippen LogP contribution < -0.4 is 4.74 Å². The minimum atomic E-state index is -0.545. The number of hydrogen-bond donors (Lipinski definition) is 0. The molecule has 7 nitrogen and oxygen atoms in total. The maximum atomic E-state index is 13.7. The Kier molecular flexibility index (Phi) is 7.46. The van der Waals surface area contributed by atoms with E-state index in [1.807, 2.05) is 6.07 Å². The lowest BCUT2D eigenvalue weighted by molar-refractivity contribution is 0.302. The number of aromatic nitrogens is 3. The molecule has 3 aromatic rings. The van der Waals surface area contributed by atoms with E-state index in [2.05, 4.69) is 34.1 Å². The molecule has 0 N–H and O–H groups in total. The first-order valence-corrected chi connectivity index (χ1v) is 9.84. The van der Waals surface area contributed by atoms with Gasteiger partial charge in [-0.3, -0.25) is 0 Å². The first-order valence-electron chi connectivity index (χ1n) is 9.84. The topological polar surface area (TPSA) is 88.1 Å². The highest BCUT2D eigenvalue weighted by atomic mass is 19.1. The SMILES string of the molecule is CN(C)CCCCCCOc1cccnc1-c1noc(-c2cc(F)cc(C#N)c2)n1. The van der Waals surface area contributed by atoms with Gasteiger partial charge in [0.25, 0.3) is 5.89 Å². The summed E-state index contributed by atoms with van der Waals surface area (Å²) in [6.07, 6.45) is 5.99. The van der Waals surface area contributed by atoms with Crippen molar-refractivity contribution in [1.82, 2.24) is 20.0 Å². The van der Waals surface area contributed by atoms with Crippen LogP contribution in [0.5, 0.6) is 5.75 Å². The normalized spacial score (nSPS) is 10.9. The zero-order valence-electron chi connectivity index (χ0n) is 17.1. The highest BCUT2D eigenvalue weighted by Crippen LogP contribution is 2.28. The third-order valence-electron chi connectivity index (χ3n) is 4.44. The number of nitriles is 1. The summed E-state index contributed by atoms with van der Waals surface area (Å²) in [5.74, 6) is 0.374. The van der Waals surface area contributed by atoms with Crippen molar-refractivity contribution >= 4 is 0 Å². The molecule has 8 heteroatoms. The van der Waals surface area contributed by atoms with E-state index in [0.717, 1.165) is 31.9 Å². The monoisotopic (exact) mass is 409 g/mol. The summed E-state index contributed by atoms with van der Waals surface area (Å²) >= 11 is 0. The minimum absolute atomic E-state index is 0.110. The van der Waals surface area contributed by atoms with Gasteiger partial charge in [-0.2, -0.15) is 10.2 Å². The van der Waals surface area contributed by atoms with Gasteiger partial charge in [-0.15, -0.1) is 0 Å². The van der Waals surface area contributed by atoms with Crippen molar-refractivity contribution in [1.29, 1.82) is 5.26 Å². The molecule has 3 rings (SSSR count). The second-order valence-corrected chi connectivity index (χ2v) is 7.18. The summed E-state index contributed by atoms with van der Waals surface area (Å²) in [6.45, 7) is 1.66. The van der Waals surface area contributed by atoms with E-state index in [0.29, 0.717) is 23.6 Å². The van der Waals surface area contributed by atoms with Crippen LogP contribution in [-0.2, 0) is 0 Å². The molecule has 0 bridgehead atoms. The van der Waals surface area contributed by atoms with Crippen LogP contribution in [0.3, 0.4) is 0 Å². The molecule has 0 unspecified atom stereocenters. The Morgan fingerprint density at radius 2 is 2.00 bits per heavy atom. The molecule has 2 aromatic heterocycles. The van der Waals surface area contributed by atoms with Gasteiger partial charge in [0.15, 0.2) is 5.69 Å². The van der Waals surface area contributed by atoms with Crippen molar-refractivity contribution in [3.05, 3.63) is 47.9 Å². The first kappa shape index (κ1) is 21.4. The predicted octanol–water partition coefficient (Wildman–Crippen LogP) is 4.31. The molecule has 0 saturated heterocycles. The molecular formula is C22H24FN5O2. The number of ether oxygens (including phenoxy) is 1. The van der Waals surface area contributed by atoms with Crippen LogP contribution in [0, 0.1) is 17.1 Å². The van der Waals surface area contributed by atoms with E-state index < -0.39 is 5.82 Å². The van der Waals surface area contributed by atoms with Crippen molar-refractivity contribution in [3.63, 3.8) is 0 Å². The lowest BCUT2D eigenvalue weighted by atomic mass is 10.1. The molecule has 0 saturated carbocycles. The molecule has 1 aromatic carbocycles. The Bertz CT molecular complexity index is 1010. The van der Waals surface area contributed by atoms with E-state index in [-0.39, 0.29) is 17.3 Å². The summed E-state index contributed by atoms with van der Waals surface area (Å²) in [4.78, 5) is 10.8. The van der Waals surface area contributed by atoms with Gasteiger partial charge in [0.2, 0.25) is 5.82 Å². The minimum Gasteiger partial charge on any atom is -0.491 e. The van der Waals surface area contributed by atoms with Gasteiger partial charge in [0, 0.05) is 11.8 Å². The molecule has 2 heterocycles. The number of benzene rings is 1. The van der Waals surface area contributed by atoms with Gasteiger partial charge in [-0.05, 0) is 63.8 Å². The van der Waals surface area contributed by atoms with Crippen LogP contribution in [0.25, 0.3) is 23.0 Å². The van der Waals surface area contributed by atoms with E-state index in [1.165, 1.54) is 18.6 Å². The number of pyridine rings is 1. The van der Waals surface area contributed by atoms with Crippen LogP contribution in [0.4, 0.5) is 4.39 Å². The first-order chi connectivity index (χ1) is 14.6. The molecule has 0 amide bonds. The molecule has 0 aliphatic rings. The van der Waals surface area contributed by atoms with Crippen molar-refractivity contribution in [3.8, 4) is 34.8 Å². The van der Waals surface area contributed by atoms with Crippen LogP contribution in [0.2, 0.25) is 0 Å². The quantitative estimate of drug-likeness (QED) is 0.461. The molecule has 0 aliphatic heterocycles. The molecule has 156 valence electrons. The number of hydrogen-bond acceptors (Lipinski definition) is 7. The van der Waals surface area contributed by atoms with Gasteiger partial charge >= 0.3 is 0 Å². The molecule has 0 radical (unpaired) electrons. The predicted molar refractivity (Wildman–Crippen MR) is 110 cm³/mol. The van der Waals surface area contributed by atoms with E-state index in [4.69, 9.17) is 14.5 Å². The fraction of sp³-hybridized carbons (Fsp3) is 0.364. The Hall–Kier alpha value is -3.31. The Morgan fingerprint density at radius 3 is 2.80 bits per heavy atom. The third-order valence-corrected chi connectivity index (χ3v) is 4.44. The fourth-order valence-corrected chi connectivity index (χ4v) is 2.96. The molecular weight excluding hydrogens is 385 g/mol. The van der Waals surface area contributed by atoms with Crippen LogP contribution in [0.15, 0.2) is 41.1 Å². The summed E-state index contributed by atoms with van der Waals surface area (Å²) in [7, 11) is 4.15. The largest absolute Gasteiger partial charge is 0.491 e. The number of halogens is 1. The molecule has 0 aliphatic carbocycles. The lowest BCUT2D eigenvalue weighted by Crippen LogP contribution is -2.12. The van der Waals surface area contributed by atoms with Crippen LogP contribution in [0.1, 0.15) is 31.2 Å². The Balaban J connectivity index is 1.65. The average molecular weight is 409 g/mol. The smallest absolute Gasteiger partial charge is 0.258 e. The highest BCUT2D eigenvalue weighted by Gasteiger charge is 2.17. The summed E-state index contributed by atoms with van der Waals surface area (Å²) < 4.78 is 24.9. The molecule has 0 fully saturated rings. The molecule has 30 heavy (non-hydrogen) atoms. The Labute approximate surface area is 175 Å². The maximum Gasteiger partial charge on any atom is 0.258 e. The number of rotatable bonds is 10. The summed E-state index contributed by atoms with van der Waals surface area (Å²) in [5, 5.41) is 13.0. The third kappa shape index (κ3) is 5.84. The van der Waals surface area contributed by atoms with Gasteiger partial charge in [0.05, 0.1) is 18.2 Å². The van der Waals surface area contributed by atoms with Gasteiger partial charge < -0.3 is 14.2 Å². The van der Waals surface area contributed by atoms with Crippen LogP contribution >= 0.6 is 0 Å². The Morgan fingerprint density at radius 1 is 1.17 bits per heavy atom. The number of nitrogens with zero attached hydrogens (tertiary/aromatic N) is 5. The summed E-state index contributed by atoms with van der Waals surface area (Å²) in [6, 6.07) is 9.37. The van der Waals surface area contributed by atoms with Crippen molar-refractivity contribution in [2.75, 3.05) is 27.2 Å². The van der Waals surface area contributed by atoms with E-state index in [9.17, 15) is 4.39 Å². The van der Waals surface area contributed by atoms with Crippen LogP contribution in [-0.4, -0.2) is 47.3 Å².